The molecular weight excluding hydrogens is 256 g/mol. The van der Waals surface area contributed by atoms with E-state index in [4.69, 9.17) is 5.73 Å². The molecule has 0 spiro atoms. The monoisotopic (exact) mass is 278 g/mol. The van der Waals surface area contributed by atoms with Gasteiger partial charge >= 0.3 is 5.97 Å². The van der Waals surface area contributed by atoms with E-state index in [0.717, 1.165) is 5.56 Å². The molecule has 0 radical (unpaired) electrons. The number of carbonyl (C=O) groups excluding carboxylic acids is 1. The van der Waals surface area contributed by atoms with Crippen LogP contribution in [0.3, 0.4) is 0 Å². The van der Waals surface area contributed by atoms with Gasteiger partial charge in [0.2, 0.25) is 5.91 Å². The number of carboxylic acids is 1. The molecule has 0 saturated carbocycles. The summed E-state index contributed by atoms with van der Waals surface area (Å²) in [5.41, 5.74) is 5.80. The van der Waals surface area contributed by atoms with E-state index in [1.54, 1.807) is 13.8 Å². The zero-order valence-electron chi connectivity index (χ0n) is 11.9. The summed E-state index contributed by atoms with van der Waals surface area (Å²) in [5, 5.41) is 11.8. The van der Waals surface area contributed by atoms with Gasteiger partial charge in [-0.25, -0.2) is 4.79 Å². The number of carbonyl (C=O) groups is 2. The summed E-state index contributed by atoms with van der Waals surface area (Å²) in [4.78, 5) is 23.2. The van der Waals surface area contributed by atoms with Crippen molar-refractivity contribution in [3.05, 3.63) is 35.9 Å². The summed E-state index contributed by atoms with van der Waals surface area (Å²) in [6.45, 7) is 3.56. The van der Waals surface area contributed by atoms with Gasteiger partial charge in [0.15, 0.2) is 0 Å². The van der Waals surface area contributed by atoms with Crippen molar-refractivity contribution in [1.29, 1.82) is 0 Å². The van der Waals surface area contributed by atoms with Gasteiger partial charge in [-0.15, -0.1) is 0 Å². The highest BCUT2D eigenvalue weighted by molar-refractivity contribution is 5.87. The molecule has 0 aliphatic heterocycles. The normalized spacial score (nSPS) is 12.8. The van der Waals surface area contributed by atoms with Crippen LogP contribution in [-0.4, -0.2) is 29.6 Å². The third kappa shape index (κ3) is 4.66. The summed E-state index contributed by atoms with van der Waals surface area (Å²) in [7, 11) is 0. The molecule has 1 amide bonds. The Bertz CT molecular complexity index is 457. The number of nitrogens with one attached hydrogen (secondary N) is 1. The lowest BCUT2D eigenvalue weighted by molar-refractivity contribution is -0.143. The topological polar surface area (TPSA) is 92.4 Å². The molecule has 0 saturated heterocycles. The third-order valence-corrected chi connectivity index (χ3v) is 3.29. The van der Waals surface area contributed by atoms with E-state index in [1.165, 1.54) is 0 Å². The smallest absolute Gasteiger partial charge is 0.326 e. The first kappa shape index (κ1) is 16.2. The molecule has 5 nitrogen and oxygen atoms in total. The minimum atomic E-state index is -1.03. The fourth-order valence-electron chi connectivity index (χ4n) is 1.66. The summed E-state index contributed by atoms with van der Waals surface area (Å²) in [6.07, 6.45) is 0.951. The van der Waals surface area contributed by atoms with E-state index >= 15 is 0 Å². The van der Waals surface area contributed by atoms with Crippen LogP contribution in [0.25, 0.3) is 0 Å². The molecule has 0 aliphatic carbocycles. The second kappa shape index (κ2) is 7.05. The number of aliphatic carboxylic acids is 1. The van der Waals surface area contributed by atoms with Crippen LogP contribution >= 0.6 is 0 Å². The predicted octanol–water partition coefficient (Wildman–Crippen LogP) is 1.17. The zero-order valence-corrected chi connectivity index (χ0v) is 11.9. The third-order valence-electron chi connectivity index (χ3n) is 3.29. The maximum Gasteiger partial charge on any atom is 0.326 e. The first-order chi connectivity index (χ1) is 9.36. The molecule has 110 valence electrons. The summed E-state index contributed by atoms with van der Waals surface area (Å²) < 4.78 is 0. The van der Waals surface area contributed by atoms with Crippen LogP contribution in [0.4, 0.5) is 0 Å². The van der Waals surface area contributed by atoms with Crippen LogP contribution in [-0.2, 0) is 16.0 Å². The SMILES string of the molecule is CC(C)(CN)C(=O)NC(CCc1ccccc1)C(=O)O. The Morgan fingerprint density at radius 3 is 2.40 bits per heavy atom. The molecule has 1 aromatic carbocycles. The van der Waals surface area contributed by atoms with Crippen LogP contribution in [0, 0.1) is 5.41 Å². The number of carboxylic acid groups (broad SMARTS) is 1. The van der Waals surface area contributed by atoms with Gasteiger partial charge in [0.1, 0.15) is 6.04 Å². The molecule has 0 aliphatic rings. The van der Waals surface area contributed by atoms with E-state index in [-0.39, 0.29) is 12.5 Å². The average Bonchev–Trinajstić information content (AvgIpc) is 2.43. The van der Waals surface area contributed by atoms with Gasteiger partial charge in [-0.1, -0.05) is 30.3 Å². The fourth-order valence-corrected chi connectivity index (χ4v) is 1.66. The lowest BCUT2D eigenvalue weighted by atomic mass is 9.92. The zero-order chi connectivity index (χ0) is 15.2. The lowest BCUT2D eigenvalue weighted by Gasteiger charge is -2.24. The minimum Gasteiger partial charge on any atom is -0.480 e. The maximum atomic E-state index is 12.0. The molecule has 1 rings (SSSR count). The van der Waals surface area contributed by atoms with Gasteiger partial charge in [0.25, 0.3) is 0 Å². The van der Waals surface area contributed by atoms with Crippen molar-refractivity contribution in [1.82, 2.24) is 5.32 Å². The van der Waals surface area contributed by atoms with E-state index in [1.807, 2.05) is 30.3 Å². The molecule has 1 aromatic rings. The van der Waals surface area contributed by atoms with Crippen LogP contribution in [0.15, 0.2) is 30.3 Å². The molecule has 5 heteroatoms. The Morgan fingerprint density at radius 1 is 1.30 bits per heavy atom. The van der Waals surface area contributed by atoms with Crippen LogP contribution in [0.1, 0.15) is 25.8 Å². The van der Waals surface area contributed by atoms with Gasteiger partial charge in [-0.3, -0.25) is 4.79 Å². The van der Waals surface area contributed by atoms with Gasteiger partial charge in [-0.05, 0) is 32.3 Å². The van der Waals surface area contributed by atoms with Crippen molar-refractivity contribution in [2.75, 3.05) is 6.54 Å². The molecule has 20 heavy (non-hydrogen) atoms. The van der Waals surface area contributed by atoms with Crippen molar-refractivity contribution < 1.29 is 14.7 Å². The Balaban J connectivity index is 2.62. The van der Waals surface area contributed by atoms with E-state index in [2.05, 4.69) is 5.32 Å². The molecule has 1 unspecified atom stereocenters. The maximum absolute atomic E-state index is 12.0. The Kier molecular flexibility index (Phi) is 5.70. The second-order valence-electron chi connectivity index (χ2n) is 5.48. The van der Waals surface area contributed by atoms with Gasteiger partial charge < -0.3 is 16.2 Å². The average molecular weight is 278 g/mol. The first-order valence-electron chi connectivity index (χ1n) is 6.64. The Labute approximate surface area is 119 Å². The summed E-state index contributed by atoms with van der Waals surface area (Å²) in [6, 6.07) is 8.69. The number of aryl methyl sites for hydroxylation is 1. The second-order valence-corrected chi connectivity index (χ2v) is 5.48. The van der Waals surface area contributed by atoms with Gasteiger partial charge in [0, 0.05) is 6.54 Å². The number of benzene rings is 1. The summed E-state index contributed by atoms with van der Waals surface area (Å²) in [5.74, 6) is -1.36. The highest BCUT2D eigenvalue weighted by Crippen LogP contribution is 2.14. The molecule has 0 bridgehead atoms. The van der Waals surface area contributed by atoms with Crippen molar-refractivity contribution >= 4 is 11.9 Å². The molecule has 0 heterocycles. The number of hydrogen-bond donors (Lipinski definition) is 3. The highest BCUT2D eigenvalue weighted by atomic mass is 16.4. The van der Waals surface area contributed by atoms with Gasteiger partial charge in [0.05, 0.1) is 5.41 Å². The largest absolute Gasteiger partial charge is 0.480 e. The van der Waals surface area contributed by atoms with E-state index in [9.17, 15) is 14.7 Å². The van der Waals surface area contributed by atoms with Crippen molar-refractivity contribution in [2.24, 2.45) is 11.1 Å². The van der Waals surface area contributed by atoms with Gasteiger partial charge in [-0.2, -0.15) is 0 Å². The summed E-state index contributed by atoms with van der Waals surface area (Å²) >= 11 is 0. The standard InChI is InChI=1S/C15H22N2O3/c1-15(2,10-16)14(20)17-12(13(18)19)9-8-11-6-4-3-5-7-11/h3-7,12H,8-10,16H2,1-2H3,(H,17,20)(H,18,19). The highest BCUT2D eigenvalue weighted by Gasteiger charge is 2.29. The number of rotatable bonds is 7. The Hall–Kier alpha value is -1.88. The predicted molar refractivity (Wildman–Crippen MR) is 77.2 cm³/mol. The minimum absolute atomic E-state index is 0.170. The molecule has 1 atom stereocenters. The Morgan fingerprint density at radius 2 is 1.90 bits per heavy atom. The van der Waals surface area contributed by atoms with Crippen molar-refractivity contribution in [2.45, 2.75) is 32.7 Å². The van der Waals surface area contributed by atoms with Crippen LogP contribution in [0.5, 0.6) is 0 Å². The molecule has 4 N–H and O–H groups in total. The lowest BCUT2D eigenvalue weighted by Crippen LogP contribution is -2.49. The first-order valence-corrected chi connectivity index (χ1v) is 6.64. The number of hydrogen-bond acceptors (Lipinski definition) is 3. The number of nitrogens with two attached hydrogens (primary N) is 1. The fraction of sp³-hybridized carbons (Fsp3) is 0.467. The van der Waals surface area contributed by atoms with Crippen LogP contribution < -0.4 is 11.1 Å². The molecular formula is C15H22N2O3. The van der Waals surface area contributed by atoms with E-state index < -0.39 is 17.4 Å². The van der Waals surface area contributed by atoms with Crippen molar-refractivity contribution in [3.8, 4) is 0 Å². The number of amides is 1. The quantitative estimate of drug-likeness (QED) is 0.698. The molecule has 0 aromatic heterocycles. The van der Waals surface area contributed by atoms with E-state index in [0.29, 0.717) is 12.8 Å². The van der Waals surface area contributed by atoms with Crippen LogP contribution in [0.2, 0.25) is 0 Å². The molecule has 0 fully saturated rings. The van der Waals surface area contributed by atoms with Crippen molar-refractivity contribution in [3.63, 3.8) is 0 Å².